The first-order valence-corrected chi connectivity index (χ1v) is 7.85. The first-order valence-electron chi connectivity index (χ1n) is 5.61. The number of nitrogens with zero attached hydrogens (tertiary/aromatic N) is 1. The summed E-state index contributed by atoms with van der Waals surface area (Å²) < 4.78 is 31.9. The molecule has 0 spiro atoms. The van der Waals surface area contributed by atoms with Crippen molar-refractivity contribution < 1.29 is 13.2 Å². The number of nitrogen functional groups attached to an aromatic ring is 1. The molecule has 0 aliphatic carbocycles. The molecule has 0 amide bonds. The van der Waals surface area contributed by atoms with E-state index in [0.29, 0.717) is 16.5 Å². The normalized spacial score (nSPS) is 11.2. The number of halogens is 2. The fraction of sp³-hybridized carbons (Fsp3) is 0.0833. The highest BCUT2D eigenvalue weighted by molar-refractivity contribution is 7.92. The van der Waals surface area contributed by atoms with Crippen molar-refractivity contribution >= 4 is 44.7 Å². The molecule has 0 fully saturated rings. The lowest BCUT2D eigenvalue weighted by Crippen LogP contribution is -2.13. The molecule has 2 rings (SSSR count). The number of benzene rings is 1. The summed E-state index contributed by atoms with van der Waals surface area (Å²) in [6, 6.07) is 5.72. The number of aromatic nitrogens is 1. The van der Waals surface area contributed by atoms with E-state index in [1.165, 1.54) is 31.4 Å². The van der Waals surface area contributed by atoms with Gasteiger partial charge in [0.15, 0.2) is 0 Å². The third kappa shape index (κ3) is 3.49. The number of rotatable bonds is 4. The van der Waals surface area contributed by atoms with Gasteiger partial charge in [0.2, 0.25) is 0 Å². The molecule has 0 saturated carbocycles. The largest absolute Gasteiger partial charge is 0.495 e. The van der Waals surface area contributed by atoms with Gasteiger partial charge in [0.25, 0.3) is 10.0 Å². The van der Waals surface area contributed by atoms with Crippen molar-refractivity contribution in [2.24, 2.45) is 0 Å². The summed E-state index contributed by atoms with van der Waals surface area (Å²) in [5.41, 5.74) is 5.75. The molecule has 0 atom stereocenters. The Morgan fingerprint density at radius 1 is 1.24 bits per heavy atom. The SMILES string of the molecule is COc1cc(NS(=O)(=O)c2cnc(N)c(Cl)c2)ccc1Cl. The van der Waals surface area contributed by atoms with Gasteiger partial charge in [0.1, 0.15) is 16.5 Å². The summed E-state index contributed by atoms with van der Waals surface area (Å²) in [6.45, 7) is 0. The minimum Gasteiger partial charge on any atom is -0.495 e. The zero-order valence-corrected chi connectivity index (χ0v) is 13.1. The molecular formula is C12H11Cl2N3O3S. The summed E-state index contributed by atoms with van der Waals surface area (Å²) >= 11 is 11.7. The summed E-state index contributed by atoms with van der Waals surface area (Å²) in [5.74, 6) is 0.411. The Kier molecular flexibility index (Phi) is 4.46. The second kappa shape index (κ2) is 5.97. The zero-order chi connectivity index (χ0) is 15.6. The molecule has 0 saturated heterocycles. The van der Waals surface area contributed by atoms with Crippen molar-refractivity contribution in [3.63, 3.8) is 0 Å². The average molecular weight is 348 g/mol. The van der Waals surface area contributed by atoms with Gasteiger partial charge in [-0.15, -0.1) is 0 Å². The van der Waals surface area contributed by atoms with Gasteiger partial charge in [0, 0.05) is 12.3 Å². The lowest BCUT2D eigenvalue weighted by atomic mass is 10.3. The Balaban J connectivity index is 2.35. The molecule has 9 heteroatoms. The van der Waals surface area contributed by atoms with Crippen LogP contribution in [-0.2, 0) is 10.0 Å². The highest BCUT2D eigenvalue weighted by Gasteiger charge is 2.17. The fourth-order valence-corrected chi connectivity index (χ4v) is 2.96. The first kappa shape index (κ1) is 15.7. The minimum absolute atomic E-state index is 0.0591. The van der Waals surface area contributed by atoms with E-state index in [9.17, 15) is 8.42 Å². The number of nitrogens with one attached hydrogen (secondary N) is 1. The molecule has 0 unspecified atom stereocenters. The second-order valence-corrected chi connectivity index (χ2v) is 6.49. The van der Waals surface area contributed by atoms with Crippen molar-refractivity contribution in [3.8, 4) is 5.75 Å². The van der Waals surface area contributed by atoms with Crippen LogP contribution in [0.25, 0.3) is 0 Å². The van der Waals surface area contributed by atoms with Gasteiger partial charge >= 0.3 is 0 Å². The molecule has 0 aliphatic rings. The molecule has 1 heterocycles. The van der Waals surface area contributed by atoms with Crippen LogP contribution in [0.1, 0.15) is 0 Å². The molecule has 1 aromatic carbocycles. The van der Waals surface area contributed by atoms with Gasteiger partial charge in [-0.2, -0.15) is 0 Å². The number of pyridine rings is 1. The molecule has 2 aromatic rings. The predicted octanol–water partition coefficient (Wildman–Crippen LogP) is 2.78. The third-order valence-corrected chi connectivity index (χ3v) is 4.52. The topological polar surface area (TPSA) is 94.3 Å². The van der Waals surface area contributed by atoms with Crippen LogP contribution >= 0.6 is 23.2 Å². The molecule has 0 radical (unpaired) electrons. The number of hydrogen-bond acceptors (Lipinski definition) is 5. The molecule has 6 nitrogen and oxygen atoms in total. The molecular weight excluding hydrogens is 337 g/mol. The standard InChI is InChI=1S/C12H11Cl2N3O3S/c1-20-11-4-7(2-3-9(11)13)17-21(18,19)8-5-10(14)12(15)16-6-8/h2-6,17H,1H3,(H2,15,16). The third-order valence-electron chi connectivity index (χ3n) is 2.56. The molecule has 112 valence electrons. The van der Waals surface area contributed by atoms with E-state index in [-0.39, 0.29) is 15.7 Å². The predicted molar refractivity (Wildman–Crippen MR) is 82.5 cm³/mol. The highest BCUT2D eigenvalue weighted by atomic mass is 35.5. The number of sulfonamides is 1. The van der Waals surface area contributed by atoms with Gasteiger partial charge in [-0.1, -0.05) is 23.2 Å². The lowest BCUT2D eigenvalue weighted by Gasteiger charge is -2.10. The monoisotopic (exact) mass is 347 g/mol. The van der Waals surface area contributed by atoms with Crippen LogP contribution in [0.15, 0.2) is 35.4 Å². The van der Waals surface area contributed by atoms with Crippen LogP contribution in [-0.4, -0.2) is 20.5 Å². The van der Waals surface area contributed by atoms with E-state index in [1.807, 2.05) is 0 Å². The molecule has 21 heavy (non-hydrogen) atoms. The smallest absolute Gasteiger partial charge is 0.263 e. The molecule has 0 bridgehead atoms. The van der Waals surface area contributed by atoms with E-state index in [2.05, 4.69) is 9.71 Å². The zero-order valence-electron chi connectivity index (χ0n) is 10.8. The van der Waals surface area contributed by atoms with Crippen LogP contribution in [0.4, 0.5) is 11.5 Å². The lowest BCUT2D eigenvalue weighted by molar-refractivity contribution is 0.415. The maximum atomic E-state index is 12.2. The Hall–Kier alpha value is -1.70. The van der Waals surface area contributed by atoms with E-state index >= 15 is 0 Å². The van der Waals surface area contributed by atoms with Crippen LogP contribution < -0.4 is 15.2 Å². The number of nitrogens with two attached hydrogens (primary N) is 1. The average Bonchev–Trinajstić information content (AvgIpc) is 2.43. The van der Waals surface area contributed by atoms with Crippen LogP contribution in [0.5, 0.6) is 5.75 Å². The number of ether oxygens (including phenoxy) is 1. The first-order chi connectivity index (χ1) is 9.83. The second-order valence-electron chi connectivity index (χ2n) is 3.99. The Morgan fingerprint density at radius 3 is 2.57 bits per heavy atom. The summed E-state index contributed by atoms with van der Waals surface area (Å²) in [6.07, 6.45) is 1.12. The van der Waals surface area contributed by atoms with Gasteiger partial charge in [-0.3, -0.25) is 4.72 Å². The number of hydrogen-bond donors (Lipinski definition) is 2. The summed E-state index contributed by atoms with van der Waals surface area (Å²) in [7, 11) is -2.41. The molecule has 1 aromatic heterocycles. The quantitative estimate of drug-likeness (QED) is 0.886. The van der Waals surface area contributed by atoms with Crippen LogP contribution in [0, 0.1) is 0 Å². The van der Waals surface area contributed by atoms with E-state index in [1.54, 1.807) is 0 Å². The van der Waals surface area contributed by atoms with Gasteiger partial charge in [-0.25, -0.2) is 13.4 Å². The minimum atomic E-state index is -3.84. The molecule has 0 aliphatic heterocycles. The van der Waals surface area contributed by atoms with E-state index in [0.717, 1.165) is 6.20 Å². The van der Waals surface area contributed by atoms with Crippen molar-refractivity contribution in [1.82, 2.24) is 4.98 Å². The van der Waals surface area contributed by atoms with Crippen LogP contribution in [0.3, 0.4) is 0 Å². The van der Waals surface area contributed by atoms with Crippen molar-refractivity contribution in [2.45, 2.75) is 4.90 Å². The van der Waals surface area contributed by atoms with Gasteiger partial charge in [-0.05, 0) is 18.2 Å². The Labute approximate surface area is 131 Å². The van der Waals surface area contributed by atoms with Crippen molar-refractivity contribution in [1.29, 1.82) is 0 Å². The number of methoxy groups -OCH3 is 1. The van der Waals surface area contributed by atoms with Crippen LogP contribution in [0.2, 0.25) is 10.0 Å². The summed E-state index contributed by atoms with van der Waals surface area (Å²) in [4.78, 5) is 3.61. The van der Waals surface area contributed by atoms with Crippen molar-refractivity contribution in [3.05, 3.63) is 40.5 Å². The van der Waals surface area contributed by atoms with Crippen molar-refractivity contribution in [2.75, 3.05) is 17.6 Å². The fourth-order valence-electron chi connectivity index (χ4n) is 1.52. The Bertz CT molecular complexity index is 781. The van der Waals surface area contributed by atoms with E-state index in [4.69, 9.17) is 33.7 Å². The summed E-state index contributed by atoms with van der Waals surface area (Å²) in [5, 5.41) is 0.434. The number of anilines is 2. The maximum absolute atomic E-state index is 12.2. The maximum Gasteiger partial charge on any atom is 0.263 e. The highest BCUT2D eigenvalue weighted by Crippen LogP contribution is 2.29. The van der Waals surface area contributed by atoms with Gasteiger partial charge in [0.05, 0.1) is 22.8 Å². The Morgan fingerprint density at radius 2 is 1.95 bits per heavy atom. The van der Waals surface area contributed by atoms with Gasteiger partial charge < -0.3 is 10.5 Å². The van der Waals surface area contributed by atoms with E-state index < -0.39 is 10.0 Å². The molecule has 3 N–H and O–H groups in total.